The summed E-state index contributed by atoms with van der Waals surface area (Å²) in [4.78, 5) is 14.4. The number of H-pyrrole nitrogens is 1. The normalized spacial score (nSPS) is 14.5. The first kappa shape index (κ1) is 21.7. The third kappa shape index (κ3) is 4.24. The van der Waals surface area contributed by atoms with Gasteiger partial charge in [-0.2, -0.15) is 10.2 Å². The molecule has 0 atom stereocenters. The first-order chi connectivity index (χ1) is 16.5. The van der Waals surface area contributed by atoms with Crippen molar-refractivity contribution in [2.75, 3.05) is 31.3 Å². The van der Waals surface area contributed by atoms with Gasteiger partial charge in [-0.15, -0.1) is 0 Å². The van der Waals surface area contributed by atoms with Crippen LogP contribution in [0.3, 0.4) is 0 Å². The second-order valence-corrected chi connectivity index (χ2v) is 8.18. The highest BCUT2D eigenvalue weighted by atomic mass is 16.5. The highest BCUT2D eigenvalue weighted by Crippen LogP contribution is 2.27. The summed E-state index contributed by atoms with van der Waals surface area (Å²) >= 11 is 0. The van der Waals surface area contributed by atoms with Crippen LogP contribution in [0.2, 0.25) is 0 Å². The highest BCUT2D eigenvalue weighted by Gasteiger charge is 2.18. The van der Waals surface area contributed by atoms with Crippen LogP contribution >= 0.6 is 0 Å². The van der Waals surface area contributed by atoms with E-state index >= 15 is 0 Å². The lowest BCUT2D eigenvalue weighted by Gasteiger charge is -2.27. The number of rotatable bonds is 5. The molecule has 1 aliphatic rings. The number of nitrogens with one attached hydrogen (secondary N) is 1. The van der Waals surface area contributed by atoms with Gasteiger partial charge in [0.1, 0.15) is 5.69 Å². The maximum Gasteiger partial charge on any atom is 0.254 e. The summed E-state index contributed by atoms with van der Waals surface area (Å²) in [5.41, 5.74) is 11.6. The number of carbonyl (C=O) groups is 1. The monoisotopic (exact) mass is 458 g/mol. The van der Waals surface area contributed by atoms with E-state index in [1.165, 1.54) is 5.01 Å². The zero-order chi connectivity index (χ0) is 23.7. The molecule has 0 saturated carbocycles. The van der Waals surface area contributed by atoms with Gasteiger partial charge in [0.15, 0.2) is 0 Å². The number of nitrogens with two attached hydrogens (primary N) is 2. The molecule has 34 heavy (non-hydrogen) atoms. The van der Waals surface area contributed by atoms with Crippen molar-refractivity contribution in [3.63, 3.8) is 0 Å². The fourth-order valence-electron chi connectivity index (χ4n) is 4.00. The molecule has 2 aromatic heterocycles. The van der Waals surface area contributed by atoms with E-state index < -0.39 is 0 Å². The Bertz CT molecular complexity index is 1350. The van der Waals surface area contributed by atoms with Crippen molar-refractivity contribution >= 4 is 28.2 Å². The van der Waals surface area contributed by atoms with Gasteiger partial charge in [-0.1, -0.05) is 6.07 Å². The number of anilines is 1. The summed E-state index contributed by atoms with van der Waals surface area (Å²) < 4.78 is 7.07. The molecule has 10 heteroatoms. The standard InChI is InChI=1S/C24H26N8O2/c1-30-14-18(13-27-30)17-4-7-20-22(12-17)28-29-23(20)21(25)15-32(26)19-5-2-16(3-6-19)24(33)31-8-10-34-11-9-31/h2-7,12-15H,8-11,25-26H2,1H3,(H,28,29)/b21-15-. The molecular weight excluding hydrogens is 432 g/mol. The number of aromatic nitrogens is 4. The molecule has 2 aromatic carbocycles. The summed E-state index contributed by atoms with van der Waals surface area (Å²) in [5.74, 6) is 6.22. The lowest BCUT2D eigenvalue weighted by Crippen LogP contribution is -2.40. The van der Waals surface area contributed by atoms with Crippen molar-refractivity contribution in [2.24, 2.45) is 18.6 Å². The number of aromatic amines is 1. The van der Waals surface area contributed by atoms with E-state index in [4.69, 9.17) is 16.3 Å². The first-order valence-corrected chi connectivity index (χ1v) is 11.0. The zero-order valence-electron chi connectivity index (χ0n) is 18.8. The average molecular weight is 459 g/mol. The number of nitrogens with zero attached hydrogens (tertiary/aromatic N) is 5. The van der Waals surface area contributed by atoms with Crippen molar-refractivity contribution in [1.29, 1.82) is 0 Å². The van der Waals surface area contributed by atoms with Crippen LogP contribution in [-0.4, -0.2) is 57.1 Å². The highest BCUT2D eigenvalue weighted by molar-refractivity contribution is 5.95. The van der Waals surface area contributed by atoms with Gasteiger partial charge in [0.05, 0.1) is 36.3 Å². The van der Waals surface area contributed by atoms with Gasteiger partial charge < -0.3 is 15.4 Å². The van der Waals surface area contributed by atoms with Gasteiger partial charge in [-0.3, -0.25) is 19.6 Å². The number of morpholine rings is 1. The van der Waals surface area contributed by atoms with Gasteiger partial charge in [-0.05, 0) is 42.0 Å². The second kappa shape index (κ2) is 9.00. The lowest BCUT2D eigenvalue weighted by atomic mass is 10.1. The van der Waals surface area contributed by atoms with Gasteiger partial charge in [0, 0.05) is 49.0 Å². The molecule has 174 valence electrons. The Morgan fingerprint density at radius 1 is 1.15 bits per heavy atom. The van der Waals surface area contributed by atoms with Crippen LogP contribution in [-0.2, 0) is 11.8 Å². The first-order valence-electron chi connectivity index (χ1n) is 11.0. The number of hydrogen-bond acceptors (Lipinski definition) is 7. The molecule has 3 heterocycles. The quantitative estimate of drug-likeness (QED) is 0.308. The van der Waals surface area contributed by atoms with E-state index in [0.29, 0.717) is 48.9 Å². The largest absolute Gasteiger partial charge is 0.396 e. The smallest absolute Gasteiger partial charge is 0.254 e. The van der Waals surface area contributed by atoms with Gasteiger partial charge in [0.25, 0.3) is 5.91 Å². The molecule has 0 unspecified atom stereocenters. The van der Waals surface area contributed by atoms with Crippen LogP contribution in [0.5, 0.6) is 0 Å². The van der Waals surface area contributed by atoms with Crippen LogP contribution in [0.15, 0.2) is 61.1 Å². The topological polar surface area (TPSA) is 131 Å². The van der Waals surface area contributed by atoms with Crippen LogP contribution in [0.25, 0.3) is 27.7 Å². The number of hydrogen-bond donors (Lipinski definition) is 3. The maximum atomic E-state index is 12.6. The Morgan fingerprint density at radius 3 is 2.62 bits per heavy atom. The van der Waals surface area contributed by atoms with Crippen LogP contribution < -0.4 is 16.6 Å². The SMILES string of the molecule is Cn1cc(-c2ccc3c(/C(N)=C/N(N)c4ccc(C(=O)N5CCOCC5)cc4)n[nH]c3c2)cn1. The molecule has 1 fully saturated rings. The molecule has 10 nitrogen and oxygen atoms in total. The molecule has 1 aliphatic heterocycles. The van der Waals surface area contributed by atoms with Crippen molar-refractivity contribution in [3.05, 3.63) is 72.3 Å². The zero-order valence-corrected chi connectivity index (χ0v) is 18.8. The molecule has 0 bridgehead atoms. The molecule has 1 saturated heterocycles. The molecule has 0 radical (unpaired) electrons. The number of ether oxygens (including phenoxy) is 1. The third-order valence-electron chi connectivity index (χ3n) is 5.86. The summed E-state index contributed by atoms with van der Waals surface area (Å²) in [6.45, 7) is 2.34. The number of aryl methyl sites for hydroxylation is 1. The van der Waals surface area contributed by atoms with Crippen molar-refractivity contribution < 1.29 is 9.53 Å². The van der Waals surface area contributed by atoms with E-state index in [1.807, 2.05) is 37.6 Å². The van der Waals surface area contributed by atoms with E-state index in [0.717, 1.165) is 22.0 Å². The number of benzene rings is 2. The number of amides is 1. The Morgan fingerprint density at radius 2 is 1.91 bits per heavy atom. The Hall–Kier alpha value is -4.15. The van der Waals surface area contributed by atoms with Crippen molar-refractivity contribution in [3.8, 4) is 11.1 Å². The number of carbonyl (C=O) groups excluding carboxylic acids is 1. The Kier molecular flexibility index (Phi) is 5.74. The summed E-state index contributed by atoms with van der Waals surface area (Å²) in [5, 5.41) is 14.0. The van der Waals surface area contributed by atoms with Crippen molar-refractivity contribution in [1.82, 2.24) is 24.9 Å². The molecule has 1 amide bonds. The second-order valence-electron chi connectivity index (χ2n) is 8.18. The fourth-order valence-corrected chi connectivity index (χ4v) is 4.00. The molecular formula is C24H26N8O2. The number of fused-ring (bicyclic) bond motifs is 1. The Labute approximate surface area is 196 Å². The molecule has 0 spiro atoms. The molecule has 4 aromatic rings. The fraction of sp³-hybridized carbons (Fsp3) is 0.208. The van der Waals surface area contributed by atoms with E-state index in [1.54, 1.807) is 40.0 Å². The van der Waals surface area contributed by atoms with Crippen LogP contribution in [0, 0.1) is 0 Å². The molecule has 0 aliphatic carbocycles. The van der Waals surface area contributed by atoms with Crippen LogP contribution in [0.1, 0.15) is 16.1 Å². The average Bonchev–Trinajstić information content (AvgIpc) is 3.50. The van der Waals surface area contributed by atoms with Crippen molar-refractivity contribution in [2.45, 2.75) is 0 Å². The summed E-state index contributed by atoms with van der Waals surface area (Å²) in [7, 11) is 1.88. The molecule has 5 N–H and O–H groups in total. The third-order valence-corrected chi connectivity index (χ3v) is 5.86. The minimum Gasteiger partial charge on any atom is -0.396 e. The van der Waals surface area contributed by atoms with Gasteiger partial charge in [0.2, 0.25) is 0 Å². The van der Waals surface area contributed by atoms with E-state index in [-0.39, 0.29) is 5.91 Å². The predicted octanol–water partition coefficient (Wildman–Crippen LogP) is 2.07. The predicted molar refractivity (Wildman–Crippen MR) is 130 cm³/mol. The Balaban J connectivity index is 1.33. The minimum atomic E-state index is -0.0119. The summed E-state index contributed by atoms with van der Waals surface area (Å²) in [6.07, 6.45) is 5.39. The van der Waals surface area contributed by atoms with Gasteiger partial charge in [-0.25, -0.2) is 5.84 Å². The number of hydrazine groups is 1. The summed E-state index contributed by atoms with van der Waals surface area (Å²) in [6, 6.07) is 13.1. The lowest BCUT2D eigenvalue weighted by molar-refractivity contribution is 0.0303. The van der Waals surface area contributed by atoms with Gasteiger partial charge >= 0.3 is 0 Å². The van der Waals surface area contributed by atoms with Crippen LogP contribution in [0.4, 0.5) is 5.69 Å². The maximum absolute atomic E-state index is 12.6. The minimum absolute atomic E-state index is 0.0119. The van der Waals surface area contributed by atoms with E-state index in [9.17, 15) is 4.79 Å². The van der Waals surface area contributed by atoms with E-state index in [2.05, 4.69) is 15.3 Å². The molecule has 5 rings (SSSR count).